The van der Waals surface area contributed by atoms with E-state index in [9.17, 15) is 4.39 Å². The molecule has 5 heteroatoms. The largest absolute Gasteiger partial charge is 0.495 e. The lowest BCUT2D eigenvalue weighted by atomic mass is 10.0. The number of methoxy groups -OCH3 is 2. The molecule has 0 heterocycles. The lowest BCUT2D eigenvalue weighted by Crippen LogP contribution is -1.97. The zero-order valence-corrected chi connectivity index (χ0v) is 12.2. The average Bonchev–Trinajstić information content (AvgIpc) is 2.42. The second-order valence-corrected chi connectivity index (χ2v) is 4.73. The van der Waals surface area contributed by atoms with E-state index in [2.05, 4.69) is 0 Å². The summed E-state index contributed by atoms with van der Waals surface area (Å²) in [6.45, 7) is 1.75. The normalized spacial score (nSPS) is 10.4. The Kier molecular flexibility index (Phi) is 4.04. The van der Waals surface area contributed by atoms with Gasteiger partial charge in [-0.1, -0.05) is 11.6 Å². The lowest BCUT2D eigenvalue weighted by molar-refractivity contribution is 0.395. The summed E-state index contributed by atoms with van der Waals surface area (Å²) >= 11 is 6.18. The van der Waals surface area contributed by atoms with E-state index >= 15 is 0 Å². The highest BCUT2D eigenvalue weighted by atomic mass is 35.5. The van der Waals surface area contributed by atoms with Gasteiger partial charge in [0.15, 0.2) is 0 Å². The van der Waals surface area contributed by atoms with E-state index in [0.29, 0.717) is 38.9 Å². The second kappa shape index (κ2) is 5.59. The van der Waals surface area contributed by atoms with E-state index < -0.39 is 0 Å². The number of anilines is 1. The molecule has 0 bridgehead atoms. The van der Waals surface area contributed by atoms with E-state index in [1.807, 2.05) is 0 Å². The fourth-order valence-electron chi connectivity index (χ4n) is 2.00. The number of halogens is 2. The summed E-state index contributed by atoms with van der Waals surface area (Å²) in [5.41, 5.74) is 7.91. The van der Waals surface area contributed by atoms with Crippen molar-refractivity contribution in [1.29, 1.82) is 0 Å². The molecule has 0 atom stereocenters. The third-order valence-corrected chi connectivity index (χ3v) is 3.49. The molecule has 2 rings (SSSR count). The minimum absolute atomic E-state index is 0.297. The Morgan fingerprint density at radius 3 is 2.40 bits per heavy atom. The van der Waals surface area contributed by atoms with E-state index in [0.717, 1.165) is 0 Å². The molecular weight excluding hydrogens is 281 g/mol. The molecule has 0 aliphatic heterocycles. The Morgan fingerprint density at radius 2 is 1.80 bits per heavy atom. The number of aryl methyl sites for hydroxylation is 1. The minimum atomic E-state index is -0.378. The van der Waals surface area contributed by atoms with E-state index in [1.165, 1.54) is 20.3 Å². The number of benzene rings is 2. The van der Waals surface area contributed by atoms with Gasteiger partial charge in [-0.05, 0) is 36.8 Å². The fraction of sp³-hybridized carbons (Fsp3) is 0.200. The molecule has 0 saturated carbocycles. The van der Waals surface area contributed by atoms with Crippen LogP contribution in [0.3, 0.4) is 0 Å². The number of nitrogens with two attached hydrogens (primary N) is 1. The zero-order chi connectivity index (χ0) is 14.9. The number of nitrogen functional groups attached to an aromatic ring is 1. The molecule has 0 radical (unpaired) electrons. The summed E-state index contributed by atoms with van der Waals surface area (Å²) in [6.07, 6.45) is 0. The summed E-state index contributed by atoms with van der Waals surface area (Å²) in [7, 11) is 2.98. The second-order valence-electron chi connectivity index (χ2n) is 4.35. The van der Waals surface area contributed by atoms with Crippen molar-refractivity contribution in [2.75, 3.05) is 20.0 Å². The van der Waals surface area contributed by atoms with Crippen LogP contribution in [0.4, 0.5) is 10.1 Å². The first-order valence-corrected chi connectivity index (χ1v) is 6.33. The maximum absolute atomic E-state index is 14.2. The zero-order valence-electron chi connectivity index (χ0n) is 11.5. The SMILES string of the molecule is COc1ccc(-c2cc(N)c(C)cc2F)c(OC)c1Cl. The number of rotatable bonds is 3. The van der Waals surface area contributed by atoms with Gasteiger partial charge in [0.2, 0.25) is 0 Å². The molecule has 0 saturated heterocycles. The van der Waals surface area contributed by atoms with Gasteiger partial charge in [-0.2, -0.15) is 0 Å². The predicted molar refractivity (Wildman–Crippen MR) is 79.1 cm³/mol. The first-order chi connectivity index (χ1) is 9.49. The standard InChI is InChI=1S/C15H15ClFNO2/c1-8-6-11(17)10(7-12(8)18)9-4-5-13(19-2)14(16)15(9)20-3/h4-7H,18H2,1-3H3. The molecular formula is C15H15ClFNO2. The predicted octanol–water partition coefficient (Wildman–Crippen LogP) is 4.05. The smallest absolute Gasteiger partial charge is 0.149 e. The summed E-state index contributed by atoms with van der Waals surface area (Å²) in [4.78, 5) is 0. The van der Waals surface area contributed by atoms with Gasteiger partial charge >= 0.3 is 0 Å². The minimum Gasteiger partial charge on any atom is -0.495 e. The van der Waals surface area contributed by atoms with Gasteiger partial charge in [-0.25, -0.2) is 4.39 Å². The molecule has 0 aromatic heterocycles. The number of hydrogen-bond donors (Lipinski definition) is 1. The number of ether oxygens (including phenoxy) is 2. The average molecular weight is 296 g/mol. The highest BCUT2D eigenvalue weighted by Crippen LogP contribution is 2.43. The van der Waals surface area contributed by atoms with Crippen molar-refractivity contribution < 1.29 is 13.9 Å². The van der Waals surface area contributed by atoms with Crippen molar-refractivity contribution >= 4 is 17.3 Å². The van der Waals surface area contributed by atoms with E-state index in [1.54, 1.807) is 25.1 Å². The Balaban J connectivity index is 2.70. The van der Waals surface area contributed by atoms with Gasteiger partial charge in [0.05, 0.1) is 14.2 Å². The summed E-state index contributed by atoms with van der Waals surface area (Å²) in [5.74, 6) is 0.442. The Morgan fingerprint density at radius 1 is 1.10 bits per heavy atom. The van der Waals surface area contributed by atoms with Crippen LogP contribution in [0, 0.1) is 12.7 Å². The van der Waals surface area contributed by atoms with Gasteiger partial charge in [0.25, 0.3) is 0 Å². The topological polar surface area (TPSA) is 44.5 Å². The van der Waals surface area contributed by atoms with Crippen LogP contribution in [0.5, 0.6) is 11.5 Å². The lowest BCUT2D eigenvalue weighted by Gasteiger charge is -2.14. The van der Waals surface area contributed by atoms with Crippen LogP contribution in [0.25, 0.3) is 11.1 Å². The molecule has 0 aliphatic rings. The molecule has 0 spiro atoms. The molecule has 3 nitrogen and oxygen atoms in total. The first kappa shape index (κ1) is 14.5. The maximum atomic E-state index is 14.2. The van der Waals surface area contributed by atoms with Crippen LogP contribution >= 0.6 is 11.6 Å². The van der Waals surface area contributed by atoms with Crippen LogP contribution in [-0.2, 0) is 0 Å². The van der Waals surface area contributed by atoms with E-state index in [-0.39, 0.29) is 5.82 Å². The first-order valence-electron chi connectivity index (χ1n) is 5.96. The fourth-order valence-corrected chi connectivity index (χ4v) is 2.32. The van der Waals surface area contributed by atoms with Crippen molar-refractivity contribution in [3.8, 4) is 22.6 Å². The summed E-state index contributed by atoms with van der Waals surface area (Å²) in [6, 6.07) is 6.32. The van der Waals surface area contributed by atoms with Crippen molar-refractivity contribution in [3.05, 3.63) is 40.7 Å². The Hall–Kier alpha value is -1.94. The molecule has 2 aromatic carbocycles. The third-order valence-electron chi connectivity index (χ3n) is 3.13. The third kappa shape index (κ3) is 2.39. The molecule has 106 valence electrons. The summed E-state index contributed by atoms with van der Waals surface area (Å²) in [5, 5.41) is 0.297. The Labute approximate surface area is 122 Å². The highest BCUT2D eigenvalue weighted by Gasteiger charge is 2.17. The van der Waals surface area contributed by atoms with Gasteiger partial charge < -0.3 is 15.2 Å². The number of hydrogen-bond acceptors (Lipinski definition) is 3. The van der Waals surface area contributed by atoms with Gasteiger partial charge in [-0.3, -0.25) is 0 Å². The van der Waals surface area contributed by atoms with Crippen molar-refractivity contribution in [1.82, 2.24) is 0 Å². The van der Waals surface area contributed by atoms with Crippen molar-refractivity contribution in [3.63, 3.8) is 0 Å². The van der Waals surface area contributed by atoms with Crippen LogP contribution in [0.15, 0.2) is 24.3 Å². The molecule has 0 amide bonds. The van der Waals surface area contributed by atoms with E-state index in [4.69, 9.17) is 26.8 Å². The van der Waals surface area contributed by atoms with Crippen LogP contribution in [-0.4, -0.2) is 14.2 Å². The molecule has 0 fully saturated rings. The van der Waals surface area contributed by atoms with Gasteiger partial charge in [0.1, 0.15) is 22.3 Å². The summed E-state index contributed by atoms with van der Waals surface area (Å²) < 4.78 is 24.6. The monoisotopic (exact) mass is 295 g/mol. The Bertz CT molecular complexity index is 659. The van der Waals surface area contributed by atoms with Crippen molar-refractivity contribution in [2.24, 2.45) is 0 Å². The van der Waals surface area contributed by atoms with Crippen molar-refractivity contribution in [2.45, 2.75) is 6.92 Å². The van der Waals surface area contributed by atoms with Crippen LogP contribution in [0.2, 0.25) is 5.02 Å². The molecule has 0 aliphatic carbocycles. The van der Waals surface area contributed by atoms with Gasteiger partial charge in [-0.15, -0.1) is 0 Å². The molecule has 0 unspecified atom stereocenters. The quantitative estimate of drug-likeness (QED) is 0.869. The highest BCUT2D eigenvalue weighted by molar-refractivity contribution is 6.34. The molecule has 2 N–H and O–H groups in total. The maximum Gasteiger partial charge on any atom is 0.149 e. The molecule has 2 aromatic rings. The molecule has 20 heavy (non-hydrogen) atoms. The van der Waals surface area contributed by atoms with Crippen LogP contribution < -0.4 is 15.2 Å². The van der Waals surface area contributed by atoms with Gasteiger partial charge in [0, 0.05) is 16.8 Å². The van der Waals surface area contributed by atoms with Crippen LogP contribution in [0.1, 0.15) is 5.56 Å².